The van der Waals surface area contributed by atoms with Crippen molar-refractivity contribution in [3.8, 4) is 5.82 Å². The second kappa shape index (κ2) is 8.26. The van der Waals surface area contributed by atoms with Crippen molar-refractivity contribution >= 4 is 5.91 Å². The van der Waals surface area contributed by atoms with E-state index in [9.17, 15) is 4.79 Å². The molecule has 1 saturated heterocycles. The maximum absolute atomic E-state index is 13.1. The molecule has 1 amide bonds. The van der Waals surface area contributed by atoms with Gasteiger partial charge in [-0.2, -0.15) is 10.2 Å². The molecule has 0 aromatic carbocycles. The molecule has 0 spiro atoms. The number of carbonyl (C=O) groups is 1. The summed E-state index contributed by atoms with van der Waals surface area (Å²) in [7, 11) is 0. The van der Waals surface area contributed by atoms with E-state index < -0.39 is 0 Å². The zero-order valence-corrected chi connectivity index (χ0v) is 18.1. The van der Waals surface area contributed by atoms with Crippen LogP contribution in [0.15, 0.2) is 30.6 Å². The lowest BCUT2D eigenvalue weighted by molar-refractivity contribution is 0.0708. The second-order valence-electron chi connectivity index (χ2n) is 8.24. The molecule has 2 aliphatic heterocycles. The van der Waals surface area contributed by atoms with Gasteiger partial charge in [-0.1, -0.05) is 6.07 Å². The molecule has 0 radical (unpaired) electrons. The fraction of sp³-hybridized carbons (Fsp3) is 0.478. The number of ether oxygens (including phenoxy) is 1. The summed E-state index contributed by atoms with van der Waals surface area (Å²) in [5, 5.41) is 9.24. The van der Waals surface area contributed by atoms with Crippen molar-refractivity contribution in [1.82, 2.24) is 29.4 Å². The van der Waals surface area contributed by atoms with Gasteiger partial charge >= 0.3 is 0 Å². The fourth-order valence-electron chi connectivity index (χ4n) is 4.79. The van der Waals surface area contributed by atoms with E-state index in [1.54, 1.807) is 12.4 Å². The highest BCUT2D eigenvalue weighted by molar-refractivity contribution is 5.95. The molecule has 0 aliphatic carbocycles. The number of hydrogen-bond acceptors (Lipinski definition) is 5. The number of likely N-dealkylation sites (tertiary alicyclic amines) is 1. The summed E-state index contributed by atoms with van der Waals surface area (Å²) in [5.41, 5.74) is 5.18. The number of piperidine rings is 1. The van der Waals surface area contributed by atoms with Crippen molar-refractivity contribution in [1.29, 1.82) is 0 Å². The molecule has 162 valence electrons. The molecular formula is C23H28N6O2. The molecule has 0 saturated carbocycles. The topological polar surface area (TPSA) is 78.1 Å². The zero-order valence-electron chi connectivity index (χ0n) is 18.1. The van der Waals surface area contributed by atoms with E-state index in [-0.39, 0.29) is 5.91 Å². The Bertz CT molecular complexity index is 1080. The fourth-order valence-corrected chi connectivity index (χ4v) is 4.79. The van der Waals surface area contributed by atoms with Crippen molar-refractivity contribution in [2.24, 2.45) is 0 Å². The molecule has 5 rings (SSSR count). The van der Waals surface area contributed by atoms with Gasteiger partial charge in [0.2, 0.25) is 0 Å². The summed E-state index contributed by atoms with van der Waals surface area (Å²) in [4.78, 5) is 19.6. The van der Waals surface area contributed by atoms with Crippen LogP contribution >= 0.6 is 0 Å². The lowest BCUT2D eigenvalue weighted by Gasteiger charge is -2.33. The first-order chi connectivity index (χ1) is 15.2. The van der Waals surface area contributed by atoms with E-state index >= 15 is 0 Å². The minimum absolute atomic E-state index is 0.0826. The number of rotatable bonds is 4. The number of aryl methyl sites for hydroxylation is 1. The average molecular weight is 421 g/mol. The first kappa shape index (κ1) is 19.9. The third kappa shape index (κ3) is 3.54. The number of amides is 1. The normalized spacial score (nSPS) is 17.0. The Morgan fingerprint density at radius 1 is 1.26 bits per heavy atom. The predicted molar refractivity (Wildman–Crippen MR) is 115 cm³/mol. The van der Waals surface area contributed by atoms with E-state index in [0.29, 0.717) is 24.7 Å². The van der Waals surface area contributed by atoms with Crippen molar-refractivity contribution in [2.75, 3.05) is 19.7 Å². The molecule has 0 atom stereocenters. The number of carbonyl (C=O) groups excluding carboxylic acids is 1. The number of nitrogens with zero attached hydrogens (tertiary/aromatic N) is 6. The lowest BCUT2D eigenvalue weighted by Crippen LogP contribution is -2.38. The minimum Gasteiger partial charge on any atom is -0.376 e. The van der Waals surface area contributed by atoms with Crippen LogP contribution in [0.1, 0.15) is 58.7 Å². The maximum atomic E-state index is 13.1. The quantitative estimate of drug-likeness (QED) is 0.649. The molecule has 8 heteroatoms. The standard InChI is InChI=1S/C23H28N6O2/c1-3-28-16(2)18(14-25-28)23(30)27-11-7-17(8-12-27)22-19-15-31-13-9-20(19)26-29(22)21-6-4-5-10-24-21/h4-6,10,14,17H,3,7-9,11-13,15H2,1-2H3. The predicted octanol–water partition coefficient (Wildman–Crippen LogP) is 2.88. The number of hydrogen-bond donors (Lipinski definition) is 0. The highest BCUT2D eigenvalue weighted by Crippen LogP contribution is 2.35. The minimum atomic E-state index is 0.0826. The Hall–Kier alpha value is -3.00. The number of aromatic nitrogens is 5. The van der Waals surface area contributed by atoms with Crippen LogP contribution in [0.5, 0.6) is 0 Å². The van der Waals surface area contributed by atoms with Crippen LogP contribution in [0.4, 0.5) is 0 Å². The van der Waals surface area contributed by atoms with Crippen molar-refractivity contribution in [3.05, 3.63) is 58.8 Å². The van der Waals surface area contributed by atoms with Crippen molar-refractivity contribution in [2.45, 2.75) is 52.2 Å². The SMILES string of the molecule is CCn1ncc(C(=O)N2CCC(c3c4c(nn3-c3ccccn3)CCOC4)CC2)c1C. The van der Waals surface area contributed by atoms with Crippen LogP contribution in [0.2, 0.25) is 0 Å². The van der Waals surface area contributed by atoms with Crippen LogP contribution in [0.3, 0.4) is 0 Å². The third-order valence-electron chi connectivity index (χ3n) is 6.50. The van der Waals surface area contributed by atoms with Crippen LogP contribution in [-0.2, 0) is 24.3 Å². The molecule has 3 aromatic heterocycles. The van der Waals surface area contributed by atoms with Crippen molar-refractivity contribution < 1.29 is 9.53 Å². The first-order valence-electron chi connectivity index (χ1n) is 11.1. The lowest BCUT2D eigenvalue weighted by atomic mass is 9.89. The van der Waals surface area contributed by atoms with Crippen molar-refractivity contribution in [3.63, 3.8) is 0 Å². The molecule has 0 unspecified atom stereocenters. The Morgan fingerprint density at radius 3 is 2.81 bits per heavy atom. The van der Waals surface area contributed by atoms with Crippen LogP contribution in [0, 0.1) is 6.92 Å². The molecule has 1 fully saturated rings. The van der Waals surface area contributed by atoms with Gasteiger partial charge < -0.3 is 9.64 Å². The Labute approximate surface area is 181 Å². The Kier molecular flexibility index (Phi) is 5.31. The summed E-state index contributed by atoms with van der Waals surface area (Å²) in [6, 6.07) is 5.90. The largest absolute Gasteiger partial charge is 0.376 e. The van der Waals surface area contributed by atoms with Gasteiger partial charge in [-0.15, -0.1) is 0 Å². The molecule has 2 aliphatic rings. The average Bonchev–Trinajstić information content (AvgIpc) is 3.39. The third-order valence-corrected chi connectivity index (χ3v) is 6.50. The van der Waals surface area contributed by atoms with Crippen LogP contribution in [0.25, 0.3) is 5.82 Å². The summed E-state index contributed by atoms with van der Waals surface area (Å²) in [6.45, 7) is 7.54. The summed E-state index contributed by atoms with van der Waals surface area (Å²) in [6.07, 6.45) is 6.14. The maximum Gasteiger partial charge on any atom is 0.257 e. The van der Waals surface area contributed by atoms with E-state index in [1.807, 2.05) is 46.3 Å². The number of pyridine rings is 1. The van der Waals surface area contributed by atoms with E-state index in [1.165, 1.54) is 11.3 Å². The van der Waals surface area contributed by atoms with Gasteiger partial charge in [-0.05, 0) is 38.8 Å². The Morgan fingerprint density at radius 2 is 2.10 bits per heavy atom. The molecule has 5 heterocycles. The van der Waals surface area contributed by atoms with Gasteiger partial charge in [-0.3, -0.25) is 9.48 Å². The van der Waals surface area contributed by atoms with Crippen LogP contribution < -0.4 is 0 Å². The summed E-state index contributed by atoms with van der Waals surface area (Å²) >= 11 is 0. The van der Waals surface area contributed by atoms with Crippen LogP contribution in [-0.4, -0.2) is 55.0 Å². The smallest absolute Gasteiger partial charge is 0.257 e. The molecular weight excluding hydrogens is 392 g/mol. The molecule has 31 heavy (non-hydrogen) atoms. The van der Waals surface area contributed by atoms with Gasteiger partial charge in [0, 0.05) is 49.4 Å². The number of fused-ring (bicyclic) bond motifs is 1. The monoisotopic (exact) mass is 420 g/mol. The molecule has 0 N–H and O–H groups in total. The first-order valence-corrected chi connectivity index (χ1v) is 11.1. The highest BCUT2D eigenvalue weighted by Gasteiger charge is 2.32. The van der Waals surface area contributed by atoms with Gasteiger partial charge in [0.05, 0.1) is 36.4 Å². The summed E-state index contributed by atoms with van der Waals surface area (Å²) < 4.78 is 9.66. The molecule has 3 aromatic rings. The Balaban J connectivity index is 1.39. The second-order valence-corrected chi connectivity index (χ2v) is 8.24. The molecule has 8 nitrogen and oxygen atoms in total. The van der Waals surface area contributed by atoms with Gasteiger partial charge in [0.25, 0.3) is 5.91 Å². The van der Waals surface area contributed by atoms with E-state index in [4.69, 9.17) is 9.84 Å². The van der Waals surface area contributed by atoms with E-state index in [0.717, 1.165) is 56.1 Å². The van der Waals surface area contributed by atoms with E-state index in [2.05, 4.69) is 10.1 Å². The molecule has 0 bridgehead atoms. The summed E-state index contributed by atoms with van der Waals surface area (Å²) in [5.74, 6) is 1.25. The van der Waals surface area contributed by atoms with Gasteiger partial charge in [0.15, 0.2) is 5.82 Å². The van der Waals surface area contributed by atoms with Gasteiger partial charge in [-0.25, -0.2) is 9.67 Å². The highest BCUT2D eigenvalue weighted by atomic mass is 16.5. The van der Waals surface area contributed by atoms with Gasteiger partial charge in [0.1, 0.15) is 0 Å². The zero-order chi connectivity index (χ0) is 21.4.